The number of thioether (sulfide) groups is 1. The molecular weight excluding hydrogens is 308 g/mol. The third-order valence-corrected chi connectivity index (χ3v) is 5.75. The summed E-state index contributed by atoms with van der Waals surface area (Å²) in [7, 11) is 0. The van der Waals surface area contributed by atoms with Crippen molar-refractivity contribution >= 4 is 23.1 Å². The van der Waals surface area contributed by atoms with Crippen molar-refractivity contribution in [2.75, 3.05) is 5.75 Å². The number of aryl methyl sites for hydroxylation is 2. The first-order valence-electron chi connectivity index (χ1n) is 7.32. The van der Waals surface area contributed by atoms with Crippen LogP contribution in [0, 0.1) is 6.92 Å². The summed E-state index contributed by atoms with van der Waals surface area (Å²) in [5, 5.41) is 1.12. The van der Waals surface area contributed by atoms with Gasteiger partial charge < -0.3 is 0 Å². The smallest absolute Gasteiger partial charge is 0.123 e. The second kappa shape index (κ2) is 7.56. The summed E-state index contributed by atoms with van der Waals surface area (Å²) in [5.41, 5.74) is 3.54. The van der Waals surface area contributed by atoms with E-state index in [9.17, 15) is 0 Å². The minimum Gasteiger partial charge on any atom is -0.261 e. The fourth-order valence-electron chi connectivity index (χ4n) is 2.15. The standard InChI is InChI=1S/C18H18N2S2/c1-14-17(13-21-12-10-16-9-5-6-11-19-16)22-18(20-14)15-7-3-2-4-8-15/h2-9,11H,10,12-13H2,1H3. The number of benzene rings is 1. The molecule has 0 bridgehead atoms. The van der Waals surface area contributed by atoms with Gasteiger partial charge in [-0.1, -0.05) is 36.4 Å². The van der Waals surface area contributed by atoms with Crippen molar-refractivity contribution in [1.29, 1.82) is 0 Å². The Balaban J connectivity index is 1.56. The number of hydrogen-bond acceptors (Lipinski definition) is 4. The van der Waals surface area contributed by atoms with Gasteiger partial charge in [-0.3, -0.25) is 4.98 Å². The van der Waals surface area contributed by atoms with Crippen LogP contribution in [0.3, 0.4) is 0 Å². The van der Waals surface area contributed by atoms with Crippen LogP contribution in [-0.2, 0) is 12.2 Å². The van der Waals surface area contributed by atoms with Crippen LogP contribution in [0.4, 0.5) is 0 Å². The van der Waals surface area contributed by atoms with Crippen LogP contribution >= 0.6 is 23.1 Å². The molecule has 0 amide bonds. The Kier molecular flexibility index (Phi) is 5.24. The molecule has 3 aromatic rings. The zero-order valence-corrected chi connectivity index (χ0v) is 14.2. The van der Waals surface area contributed by atoms with Crippen LogP contribution in [0.25, 0.3) is 10.6 Å². The van der Waals surface area contributed by atoms with Crippen molar-refractivity contribution in [3.63, 3.8) is 0 Å². The van der Waals surface area contributed by atoms with Gasteiger partial charge in [-0.15, -0.1) is 11.3 Å². The SMILES string of the molecule is Cc1nc(-c2ccccc2)sc1CSCCc1ccccn1. The molecule has 0 radical (unpaired) electrons. The van der Waals surface area contributed by atoms with E-state index in [1.807, 2.05) is 47.5 Å². The van der Waals surface area contributed by atoms with Gasteiger partial charge in [0.1, 0.15) is 5.01 Å². The molecule has 0 N–H and O–H groups in total. The largest absolute Gasteiger partial charge is 0.261 e. The summed E-state index contributed by atoms with van der Waals surface area (Å²) < 4.78 is 0. The number of rotatable bonds is 6. The average Bonchev–Trinajstić information content (AvgIpc) is 2.94. The Morgan fingerprint density at radius 3 is 2.64 bits per heavy atom. The Morgan fingerprint density at radius 2 is 1.86 bits per heavy atom. The summed E-state index contributed by atoms with van der Waals surface area (Å²) in [6.45, 7) is 2.11. The molecule has 0 aliphatic carbocycles. The van der Waals surface area contributed by atoms with Gasteiger partial charge in [0.25, 0.3) is 0 Å². The molecule has 4 heteroatoms. The van der Waals surface area contributed by atoms with Crippen molar-refractivity contribution in [3.8, 4) is 10.6 Å². The zero-order valence-electron chi connectivity index (χ0n) is 12.5. The van der Waals surface area contributed by atoms with Crippen LogP contribution in [0.1, 0.15) is 16.3 Å². The van der Waals surface area contributed by atoms with E-state index in [2.05, 4.69) is 42.2 Å². The lowest BCUT2D eigenvalue weighted by atomic mass is 10.2. The van der Waals surface area contributed by atoms with Crippen molar-refractivity contribution in [2.45, 2.75) is 19.1 Å². The highest BCUT2D eigenvalue weighted by Crippen LogP contribution is 2.30. The second-order valence-electron chi connectivity index (χ2n) is 5.02. The van der Waals surface area contributed by atoms with Gasteiger partial charge in [0.05, 0.1) is 5.69 Å². The first-order chi connectivity index (χ1) is 10.8. The van der Waals surface area contributed by atoms with E-state index in [1.54, 1.807) is 0 Å². The molecule has 2 heterocycles. The molecule has 22 heavy (non-hydrogen) atoms. The van der Waals surface area contributed by atoms with E-state index in [1.165, 1.54) is 16.1 Å². The molecule has 0 spiro atoms. The molecule has 2 nitrogen and oxygen atoms in total. The predicted octanol–water partition coefficient (Wildman–Crippen LogP) is 4.99. The molecule has 3 rings (SSSR count). The lowest BCUT2D eigenvalue weighted by molar-refractivity contribution is 1.05. The first-order valence-corrected chi connectivity index (χ1v) is 9.29. The monoisotopic (exact) mass is 326 g/mol. The molecule has 0 atom stereocenters. The fourth-order valence-corrected chi connectivity index (χ4v) is 4.39. The molecule has 0 unspecified atom stereocenters. The van der Waals surface area contributed by atoms with Gasteiger partial charge >= 0.3 is 0 Å². The van der Waals surface area contributed by atoms with E-state index in [4.69, 9.17) is 4.98 Å². The van der Waals surface area contributed by atoms with Crippen LogP contribution in [0.5, 0.6) is 0 Å². The fraction of sp³-hybridized carbons (Fsp3) is 0.222. The highest BCUT2D eigenvalue weighted by atomic mass is 32.2. The highest BCUT2D eigenvalue weighted by Gasteiger charge is 2.09. The summed E-state index contributed by atoms with van der Waals surface area (Å²) in [4.78, 5) is 10.5. The number of nitrogens with zero attached hydrogens (tertiary/aromatic N) is 2. The van der Waals surface area contributed by atoms with Crippen LogP contribution in [0.15, 0.2) is 54.7 Å². The maximum atomic E-state index is 4.71. The molecule has 0 fully saturated rings. The summed E-state index contributed by atoms with van der Waals surface area (Å²) >= 11 is 3.77. The van der Waals surface area contributed by atoms with Gasteiger partial charge in [-0.25, -0.2) is 4.98 Å². The summed E-state index contributed by atoms with van der Waals surface area (Å²) in [6, 6.07) is 16.5. The molecular formula is C18H18N2S2. The van der Waals surface area contributed by atoms with Gasteiger partial charge in [0, 0.05) is 28.1 Å². The molecule has 0 saturated carbocycles. The average molecular weight is 326 g/mol. The van der Waals surface area contributed by atoms with Crippen molar-refractivity contribution in [1.82, 2.24) is 9.97 Å². The van der Waals surface area contributed by atoms with Crippen LogP contribution in [-0.4, -0.2) is 15.7 Å². The second-order valence-corrected chi connectivity index (χ2v) is 7.21. The van der Waals surface area contributed by atoms with Crippen LogP contribution < -0.4 is 0 Å². The number of hydrogen-bond donors (Lipinski definition) is 0. The Bertz CT molecular complexity index is 708. The minimum atomic E-state index is 1.02. The lowest BCUT2D eigenvalue weighted by Gasteiger charge is -2.00. The van der Waals surface area contributed by atoms with Crippen LogP contribution in [0.2, 0.25) is 0 Å². The van der Waals surface area contributed by atoms with E-state index in [-0.39, 0.29) is 0 Å². The Morgan fingerprint density at radius 1 is 1.05 bits per heavy atom. The zero-order chi connectivity index (χ0) is 15.2. The quantitative estimate of drug-likeness (QED) is 0.597. The molecule has 112 valence electrons. The Hall–Kier alpha value is -1.65. The van der Waals surface area contributed by atoms with Crippen molar-refractivity contribution in [2.24, 2.45) is 0 Å². The van der Waals surface area contributed by atoms with Gasteiger partial charge in [0.2, 0.25) is 0 Å². The molecule has 0 aliphatic rings. The van der Waals surface area contributed by atoms with Gasteiger partial charge in [-0.05, 0) is 31.2 Å². The predicted molar refractivity (Wildman–Crippen MR) is 96.4 cm³/mol. The maximum absolute atomic E-state index is 4.71. The van der Waals surface area contributed by atoms with E-state index >= 15 is 0 Å². The van der Waals surface area contributed by atoms with Gasteiger partial charge in [0.15, 0.2) is 0 Å². The van der Waals surface area contributed by atoms with E-state index < -0.39 is 0 Å². The van der Waals surface area contributed by atoms with Crippen molar-refractivity contribution in [3.05, 3.63) is 71.0 Å². The summed E-state index contributed by atoms with van der Waals surface area (Å²) in [5.74, 6) is 2.12. The first kappa shape index (κ1) is 15.3. The molecule has 0 saturated heterocycles. The van der Waals surface area contributed by atoms with Crippen molar-refractivity contribution < 1.29 is 0 Å². The molecule has 2 aromatic heterocycles. The third kappa shape index (κ3) is 3.96. The number of thiazole rings is 1. The molecule has 1 aromatic carbocycles. The minimum absolute atomic E-state index is 1.02. The topological polar surface area (TPSA) is 25.8 Å². The lowest BCUT2D eigenvalue weighted by Crippen LogP contribution is -1.92. The summed E-state index contributed by atoms with van der Waals surface area (Å²) in [6.07, 6.45) is 2.88. The maximum Gasteiger partial charge on any atom is 0.123 e. The van der Waals surface area contributed by atoms with E-state index in [0.717, 1.165) is 28.6 Å². The highest BCUT2D eigenvalue weighted by molar-refractivity contribution is 7.98. The molecule has 0 aliphatic heterocycles. The third-order valence-electron chi connectivity index (χ3n) is 3.38. The number of pyridine rings is 1. The normalized spacial score (nSPS) is 10.8. The number of aromatic nitrogens is 2. The Labute approximate surface area is 139 Å². The van der Waals surface area contributed by atoms with E-state index in [0.29, 0.717) is 0 Å². The van der Waals surface area contributed by atoms with Gasteiger partial charge in [-0.2, -0.15) is 11.8 Å².